The first-order chi connectivity index (χ1) is 6.95. The summed E-state index contributed by atoms with van der Waals surface area (Å²) in [5.74, 6) is 0. The van der Waals surface area contributed by atoms with Gasteiger partial charge >= 0.3 is 0 Å². The Morgan fingerprint density at radius 1 is 1.21 bits per heavy atom. The molecule has 0 atom stereocenters. The number of aromatic amines is 1. The molecule has 3 aromatic rings. The Bertz CT molecular complexity index is 551. The van der Waals surface area contributed by atoms with Crippen LogP contribution in [0.3, 0.4) is 0 Å². The quantitative estimate of drug-likeness (QED) is 0.641. The Labute approximate surface area is 85.2 Å². The highest BCUT2D eigenvalue weighted by Gasteiger charge is 2.05. The fourth-order valence-corrected chi connectivity index (χ4v) is 2.18. The topological polar surface area (TPSA) is 28.7 Å². The average molecular weight is 200 g/mol. The van der Waals surface area contributed by atoms with E-state index in [1.54, 1.807) is 11.3 Å². The second-order valence-electron chi connectivity index (χ2n) is 3.12. The van der Waals surface area contributed by atoms with Gasteiger partial charge in [-0.25, -0.2) is 4.98 Å². The van der Waals surface area contributed by atoms with Crippen LogP contribution in [0.15, 0.2) is 41.4 Å². The van der Waals surface area contributed by atoms with Crippen LogP contribution in [0.25, 0.3) is 22.2 Å². The van der Waals surface area contributed by atoms with Gasteiger partial charge in [0.15, 0.2) is 0 Å². The lowest BCUT2D eigenvalue weighted by molar-refractivity contribution is 1.41. The highest BCUT2D eigenvalue weighted by Crippen LogP contribution is 2.27. The van der Waals surface area contributed by atoms with Crippen LogP contribution in [0.4, 0.5) is 0 Å². The van der Waals surface area contributed by atoms with Crippen molar-refractivity contribution in [3.63, 3.8) is 0 Å². The van der Waals surface area contributed by atoms with Crippen molar-refractivity contribution in [3.05, 3.63) is 41.4 Å². The third kappa shape index (κ3) is 1.06. The van der Waals surface area contributed by atoms with Crippen LogP contribution < -0.4 is 0 Å². The lowest BCUT2D eigenvalue weighted by atomic mass is 10.1. The molecular weight excluding hydrogens is 192 g/mol. The molecule has 0 amide bonds. The average Bonchev–Trinajstić information content (AvgIpc) is 2.85. The Hall–Kier alpha value is -1.61. The fraction of sp³-hybridized carbons (Fsp3) is 0. The molecule has 1 N–H and O–H groups in total. The fourth-order valence-electron chi connectivity index (χ4n) is 1.63. The molecule has 0 radical (unpaired) electrons. The van der Waals surface area contributed by atoms with Crippen molar-refractivity contribution < 1.29 is 0 Å². The van der Waals surface area contributed by atoms with Crippen LogP contribution in [0, 0.1) is 0 Å². The molecule has 0 saturated carbocycles. The SMILES string of the molecule is c1ccc2c(-c3cscn3)c[nH]c2c1. The third-order valence-electron chi connectivity index (χ3n) is 2.30. The van der Waals surface area contributed by atoms with Crippen molar-refractivity contribution in [1.82, 2.24) is 9.97 Å². The Kier molecular flexibility index (Phi) is 1.64. The van der Waals surface area contributed by atoms with Crippen LogP contribution in [-0.4, -0.2) is 9.97 Å². The molecule has 1 aromatic carbocycles. The number of fused-ring (bicyclic) bond motifs is 1. The minimum Gasteiger partial charge on any atom is -0.360 e. The molecule has 0 spiro atoms. The molecule has 14 heavy (non-hydrogen) atoms. The van der Waals surface area contributed by atoms with Crippen LogP contribution in [-0.2, 0) is 0 Å². The molecule has 3 heteroatoms. The second kappa shape index (κ2) is 2.96. The van der Waals surface area contributed by atoms with Gasteiger partial charge in [-0.05, 0) is 6.07 Å². The number of para-hydroxylation sites is 1. The van der Waals surface area contributed by atoms with Crippen molar-refractivity contribution in [1.29, 1.82) is 0 Å². The lowest BCUT2D eigenvalue weighted by Crippen LogP contribution is -1.72. The number of nitrogens with zero attached hydrogens (tertiary/aromatic N) is 1. The van der Waals surface area contributed by atoms with Crippen molar-refractivity contribution in [2.24, 2.45) is 0 Å². The van der Waals surface area contributed by atoms with Crippen LogP contribution in [0.1, 0.15) is 0 Å². The molecular formula is C11H8N2S. The predicted molar refractivity (Wildman–Crippen MR) is 59.4 cm³/mol. The maximum atomic E-state index is 4.31. The zero-order chi connectivity index (χ0) is 9.38. The van der Waals surface area contributed by atoms with E-state index >= 15 is 0 Å². The number of H-pyrrole nitrogens is 1. The predicted octanol–water partition coefficient (Wildman–Crippen LogP) is 3.29. The van der Waals surface area contributed by atoms with Gasteiger partial charge in [0, 0.05) is 28.0 Å². The second-order valence-corrected chi connectivity index (χ2v) is 3.84. The van der Waals surface area contributed by atoms with Gasteiger partial charge in [-0.1, -0.05) is 18.2 Å². The van der Waals surface area contributed by atoms with Crippen LogP contribution in [0.5, 0.6) is 0 Å². The maximum absolute atomic E-state index is 4.31. The van der Waals surface area contributed by atoms with E-state index in [1.807, 2.05) is 23.8 Å². The molecule has 0 fully saturated rings. The summed E-state index contributed by atoms with van der Waals surface area (Å²) in [4.78, 5) is 7.55. The number of hydrogen-bond acceptors (Lipinski definition) is 2. The van der Waals surface area contributed by atoms with Crippen molar-refractivity contribution in [3.8, 4) is 11.3 Å². The highest BCUT2D eigenvalue weighted by atomic mass is 32.1. The van der Waals surface area contributed by atoms with E-state index in [9.17, 15) is 0 Å². The third-order valence-corrected chi connectivity index (χ3v) is 2.88. The van der Waals surface area contributed by atoms with E-state index in [0.717, 1.165) is 11.2 Å². The summed E-state index contributed by atoms with van der Waals surface area (Å²) in [7, 11) is 0. The zero-order valence-corrected chi connectivity index (χ0v) is 8.21. The van der Waals surface area contributed by atoms with E-state index in [0.29, 0.717) is 0 Å². The normalized spacial score (nSPS) is 10.9. The van der Waals surface area contributed by atoms with Gasteiger partial charge in [-0.3, -0.25) is 0 Å². The summed E-state index contributed by atoms with van der Waals surface area (Å²) in [6.45, 7) is 0. The van der Waals surface area contributed by atoms with Gasteiger partial charge in [-0.15, -0.1) is 11.3 Å². The maximum Gasteiger partial charge on any atom is 0.0832 e. The summed E-state index contributed by atoms with van der Waals surface area (Å²) in [6, 6.07) is 8.27. The molecule has 0 bridgehead atoms. The first kappa shape index (κ1) is 7.76. The number of aromatic nitrogens is 2. The highest BCUT2D eigenvalue weighted by molar-refractivity contribution is 7.07. The molecule has 68 valence electrons. The zero-order valence-electron chi connectivity index (χ0n) is 7.40. The summed E-state index contributed by atoms with van der Waals surface area (Å²) in [5.41, 5.74) is 5.25. The van der Waals surface area contributed by atoms with E-state index in [1.165, 1.54) is 10.9 Å². The molecule has 0 aliphatic carbocycles. The van der Waals surface area contributed by atoms with Gasteiger partial charge in [0.2, 0.25) is 0 Å². The molecule has 2 aromatic heterocycles. The molecule has 0 aliphatic rings. The van der Waals surface area contributed by atoms with Gasteiger partial charge in [0.25, 0.3) is 0 Å². The van der Waals surface area contributed by atoms with E-state index < -0.39 is 0 Å². The molecule has 0 saturated heterocycles. The van der Waals surface area contributed by atoms with Crippen LogP contribution >= 0.6 is 11.3 Å². The minimum absolute atomic E-state index is 1.05. The summed E-state index contributed by atoms with van der Waals surface area (Å²) >= 11 is 1.62. The number of hydrogen-bond donors (Lipinski definition) is 1. The van der Waals surface area contributed by atoms with Crippen LogP contribution in [0.2, 0.25) is 0 Å². The standard InChI is InChI=1S/C11H8N2S/c1-2-4-10-8(3-1)9(5-12-10)11-6-14-7-13-11/h1-7,12H. The molecule has 3 rings (SSSR count). The molecule has 2 nitrogen and oxygen atoms in total. The smallest absolute Gasteiger partial charge is 0.0832 e. The molecule has 0 unspecified atom stereocenters. The number of rotatable bonds is 1. The van der Waals surface area contributed by atoms with Gasteiger partial charge in [0.1, 0.15) is 0 Å². The van der Waals surface area contributed by atoms with E-state index in [2.05, 4.69) is 27.5 Å². The van der Waals surface area contributed by atoms with Gasteiger partial charge in [-0.2, -0.15) is 0 Å². The first-order valence-electron chi connectivity index (χ1n) is 4.40. The minimum atomic E-state index is 1.05. The Balaban J connectivity index is 2.33. The lowest BCUT2D eigenvalue weighted by Gasteiger charge is -1.92. The van der Waals surface area contributed by atoms with Crippen molar-refractivity contribution in [2.75, 3.05) is 0 Å². The summed E-state index contributed by atoms with van der Waals surface area (Å²) in [6.07, 6.45) is 2.01. The monoisotopic (exact) mass is 200 g/mol. The van der Waals surface area contributed by atoms with Crippen molar-refractivity contribution >= 4 is 22.2 Å². The van der Waals surface area contributed by atoms with Crippen molar-refractivity contribution in [2.45, 2.75) is 0 Å². The first-order valence-corrected chi connectivity index (χ1v) is 5.34. The molecule has 2 heterocycles. The number of nitrogens with one attached hydrogen (secondary N) is 1. The van der Waals surface area contributed by atoms with E-state index in [4.69, 9.17) is 0 Å². The van der Waals surface area contributed by atoms with Gasteiger partial charge in [0.05, 0.1) is 11.2 Å². The number of benzene rings is 1. The van der Waals surface area contributed by atoms with Gasteiger partial charge < -0.3 is 4.98 Å². The summed E-state index contributed by atoms with van der Waals surface area (Å²) < 4.78 is 0. The largest absolute Gasteiger partial charge is 0.360 e. The Morgan fingerprint density at radius 3 is 3.00 bits per heavy atom. The van der Waals surface area contributed by atoms with E-state index in [-0.39, 0.29) is 0 Å². The Morgan fingerprint density at radius 2 is 2.14 bits per heavy atom. The summed E-state index contributed by atoms with van der Waals surface area (Å²) in [5, 5.41) is 3.30. The number of thiazole rings is 1. The molecule has 0 aliphatic heterocycles.